The molecule has 17 heavy (non-hydrogen) atoms. The van der Waals surface area contributed by atoms with Crippen LogP contribution in [-0.2, 0) is 19.4 Å². The molecule has 0 saturated heterocycles. The summed E-state index contributed by atoms with van der Waals surface area (Å²) in [5.74, 6) is -0.256. The van der Waals surface area contributed by atoms with Gasteiger partial charge in [-0.2, -0.15) is 0 Å². The van der Waals surface area contributed by atoms with E-state index in [4.69, 9.17) is 0 Å². The van der Waals surface area contributed by atoms with E-state index in [1.165, 1.54) is 19.4 Å². The molecule has 100 valence electrons. The van der Waals surface area contributed by atoms with Crippen LogP contribution >= 0.6 is 0 Å². The van der Waals surface area contributed by atoms with E-state index in [-0.39, 0.29) is 11.7 Å². The second kappa shape index (κ2) is 7.45. The molecule has 0 aromatic heterocycles. The molecule has 0 aliphatic heterocycles. The van der Waals surface area contributed by atoms with Crippen LogP contribution in [0, 0.1) is 0 Å². The fourth-order valence-electron chi connectivity index (χ4n) is 1.30. The molecular weight excluding hydrogens is 242 g/mol. The third-order valence-corrected chi connectivity index (χ3v) is 3.19. The van der Waals surface area contributed by atoms with Crippen molar-refractivity contribution in [3.63, 3.8) is 0 Å². The summed E-state index contributed by atoms with van der Waals surface area (Å²) >= 11 is 0. The Balaban J connectivity index is 4.31. The van der Waals surface area contributed by atoms with Gasteiger partial charge < -0.3 is 4.74 Å². The average molecular weight is 263 g/mol. The van der Waals surface area contributed by atoms with Gasteiger partial charge in [0.05, 0.1) is 12.9 Å². The summed E-state index contributed by atoms with van der Waals surface area (Å²) in [6.45, 7) is 5.55. The van der Waals surface area contributed by atoms with E-state index < -0.39 is 9.84 Å². The van der Waals surface area contributed by atoms with Crippen LogP contribution in [0.3, 0.4) is 0 Å². The summed E-state index contributed by atoms with van der Waals surface area (Å²) < 4.78 is 26.6. The van der Waals surface area contributed by atoms with Crippen molar-refractivity contribution in [1.82, 2.24) is 4.90 Å². The van der Waals surface area contributed by atoms with Crippen LogP contribution in [0.5, 0.6) is 0 Å². The average Bonchev–Trinajstić information content (AvgIpc) is 2.22. The Labute approximate surface area is 103 Å². The van der Waals surface area contributed by atoms with Gasteiger partial charge >= 0.3 is 5.97 Å². The number of hydrogen-bond donors (Lipinski definition) is 0. The zero-order valence-electron chi connectivity index (χ0n) is 10.9. The van der Waals surface area contributed by atoms with Gasteiger partial charge in [0, 0.05) is 25.4 Å². The molecule has 0 aliphatic carbocycles. The third kappa shape index (κ3) is 8.88. The smallest absolute Gasteiger partial charge is 0.330 e. The van der Waals surface area contributed by atoms with E-state index in [9.17, 15) is 13.2 Å². The molecule has 0 N–H and O–H groups in total. The highest BCUT2D eigenvalue weighted by molar-refractivity contribution is 7.90. The molecule has 0 aromatic rings. The Hall–Kier alpha value is -0.880. The van der Waals surface area contributed by atoms with Crippen molar-refractivity contribution in [2.24, 2.45) is 0 Å². The van der Waals surface area contributed by atoms with Crippen LogP contribution in [0.2, 0.25) is 0 Å². The molecular formula is C11H21NO4S. The molecule has 0 aromatic carbocycles. The third-order valence-electron chi connectivity index (χ3n) is 2.26. The van der Waals surface area contributed by atoms with Crippen molar-refractivity contribution in [2.45, 2.75) is 13.8 Å². The van der Waals surface area contributed by atoms with Gasteiger partial charge in [0.1, 0.15) is 9.84 Å². The van der Waals surface area contributed by atoms with E-state index >= 15 is 0 Å². The second-order valence-electron chi connectivity index (χ2n) is 4.01. The molecule has 0 rings (SSSR count). The van der Waals surface area contributed by atoms with Crippen molar-refractivity contribution >= 4 is 15.8 Å². The van der Waals surface area contributed by atoms with Crippen molar-refractivity contribution in [2.75, 3.05) is 38.8 Å². The predicted octanol–water partition coefficient (Wildman–Crippen LogP) is 0.472. The number of methoxy groups -OCH3 is 1. The number of nitrogens with zero attached hydrogens (tertiary/aromatic N) is 1. The normalized spacial score (nSPS) is 12.9. The van der Waals surface area contributed by atoms with Crippen molar-refractivity contribution in [3.05, 3.63) is 11.6 Å². The molecule has 0 saturated carbocycles. The molecule has 0 bridgehead atoms. The first-order valence-corrected chi connectivity index (χ1v) is 7.49. The predicted molar refractivity (Wildman–Crippen MR) is 67.6 cm³/mol. The summed E-state index contributed by atoms with van der Waals surface area (Å²) in [7, 11) is -1.62. The van der Waals surface area contributed by atoms with Crippen LogP contribution in [0.25, 0.3) is 0 Å². The summed E-state index contributed by atoms with van der Waals surface area (Å²) in [5, 5.41) is 0. The lowest BCUT2D eigenvalue weighted by molar-refractivity contribution is -0.134. The van der Waals surface area contributed by atoms with E-state index in [2.05, 4.69) is 4.74 Å². The zero-order valence-corrected chi connectivity index (χ0v) is 11.7. The maximum absolute atomic E-state index is 11.0. The number of esters is 1. The minimum Gasteiger partial charge on any atom is -0.466 e. The summed E-state index contributed by atoms with van der Waals surface area (Å²) in [4.78, 5) is 13.0. The Kier molecular flexibility index (Phi) is 7.06. The van der Waals surface area contributed by atoms with Gasteiger partial charge in [-0.25, -0.2) is 13.2 Å². The number of rotatable bonds is 7. The van der Waals surface area contributed by atoms with E-state index in [1.807, 2.05) is 18.7 Å². The first-order chi connectivity index (χ1) is 7.78. The lowest BCUT2D eigenvalue weighted by Crippen LogP contribution is -2.30. The molecule has 0 unspecified atom stereocenters. The van der Waals surface area contributed by atoms with Gasteiger partial charge in [0.25, 0.3) is 0 Å². The molecule has 0 heterocycles. The topological polar surface area (TPSA) is 63.7 Å². The van der Waals surface area contributed by atoms with E-state index in [1.54, 1.807) is 0 Å². The lowest BCUT2D eigenvalue weighted by atomic mass is 10.2. The second-order valence-corrected chi connectivity index (χ2v) is 6.27. The highest BCUT2D eigenvalue weighted by Gasteiger charge is 2.08. The van der Waals surface area contributed by atoms with Gasteiger partial charge in [-0.3, -0.25) is 4.90 Å². The van der Waals surface area contributed by atoms with Crippen LogP contribution in [0.15, 0.2) is 11.6 Å². The quantitative estimate of drug-likeness (QED) is 0.493. The van der Waals surface area contributed by atoms with E-state index in [0.29, 0.717) is 13.1 Å². The fourth-order valence-corrected chi connectivity index (χ4v) is 1.89. The van der Waals surface area contributed by atoms with Gasteiger partial charge in [0.15, 0.2) is 0 Å². The molecule has 6 heteroatoms. The van der Waals surface area contributed by atoms with Gasteiger partial charge in [-0.05, 0) is 13.5 Å². The Morgan fingerprint density at radius 3 is 2.41 bits per heavy atom. The maximum Gasteiger partial charge on any atom is 0.330 e. The summed E-state index contributed by atoms with van der Waals surface area (Å²) in [6.07, 6.45) is 2.64. The highest BCUT2D eigenvalue weighted by Crippen LogP contribution is 2.00. The molecule has 5 nitrogen and oxygen atoms in total. The zero-order chi connectivity index (χ0) is 13.5. The number of carbonyl (C=O) groups is 1. The molecule has 0 amide bonds. The Morgan fingerprint density at radius 2 is 2.00 bits per heavy atom. The largest absolute Gasteiger partial charge is 0.466 e. The molecule has 0 radical (unpaired) electrons. The van der Waals surface area contributed by atoms with Crippen LogP contribution in [-0.4, -0.2) is 58.0 Å². The van der Waals surface area contributed by atoms with Crippen molar-refractivity contribution in [1.29, 1.82) is 0 Å². The molecule has 0 fully saturated rings. The molecule has 0 atom stereocenters. The number of likely N-dealkylation sites (N-methyl/N-ethyl adjacent to an activating group) is 1. The van der Waals surface area contributed by atoms with Gasteiger partial charge in [0.2, 0.25) is 0 Å². The number of hydrogen-bond acceptors (Lipinski definition) is 5. The summed E-state index contributed by atoms with van der Waals surface area (Å²) in [5.41, 5.74) is 0.854. The van der Waals surface area contributed by atoms with E-state index in [0.717, 1.165) is 12.1 Å². The van der Waals surface area contributed by atoms with Gasteiger partial charge in [-0.1, -0.05) is 12.5 Å². The SMILES string of the molecule is CCN(CCS(C)(=O)=O)CC(C)=CC(=O)OC. The fraction of sp³-hybridized carbons (Fsp3) is 0.727. The maximum atomic E-state index is 11.0. The minimum atomic E-state index is -2.95. The number of carbonyl (C=O) groups excluding carboxylic acids is 1. The number of sulfone groups is 1. The van der Waals surface area contributed by atoms with Crippen molar-refractivity contribution in [3.8, 4) is 0 Å². The molecule has 0 aliphatic rings. The minimum absolute atomic E-state index is 0.131. The van der Waals surface area contributed by atoms with Crippen molar-refractivity contribution < 1.29 is 17.9 Å². The lowest BCUT2D eigenvalue weighted by Gasteiger charge is -2.19. The highest BCUT2D eigenvalue weighted by atomic mass is 32.2. The first-order valence-electron chi connectivity index (χ1n) is 5.43. The standard InChI is InChI=1S/C11H21NO4S/c1-5-12(6-7-17(4,14)15)9-10(2)8-11(13)16-3/h8H,5-7,9H2,1-4H3. The summed E-state index contributed by atoms with van der Waals surface area (Å²) in [6, 6.07) is 0. The monoisotopic (exact) mass is 263 g/mol. The number of ether oxygens (including phenoxy) is 1. The Morgan fingerprint density at radius 1 is 1.41 bits per heavy atom. The van der Waals surface area contributed by atoms with Crippen LogP contribution in [0.4, 0.5) is 0 Å². The Bertz CT molecular complexity index is 373. The van der Waals surface area contributed by atoms with Crippen LogP contribution in [0.1, 0.15) is 13.8 Å². The van der Waals surface area contributed by atoms with Crippen LogP contribution < -0.4 is 0 Å². The molecule has 0 spiro atoms. The first kappa shape index (κ1) is 16.1. The van der Waals surface area contributed by atoms with Gasteiger partial charge in [-0.15, -0.1) is 0 Å².